The average Bonchev–Trinajstić information content (AvgIpc) is 2.91. The number of likely N-dealkylation sites (N-methyl/N-ethyl adjacent to an activating group) is 1. The van der Waals surface area contributed by atoms with Crippen molar-refractivity contribution < 1.29 is 0 Å². The summed E-state index contributed by atoms with van der Waals surface area (Å²) in [6.45, 7) is 9.12. The molecule has 1 aromatic heterocycles. The van der Waals surface area contributed by atoms with Crippen molar-refractivity contribution in [3.05, 3.63) is 12.7 Å². The summed E-state index contributed by atoms with van der Waals surface area (Å²) in [5, 5.41) is 7.65. The van der Waals surface area contributed by atoms with Crippen molar-refractivity contribution in [1.29, 1.82) is 0 Å². The molecule has 1 aliphatic rings. The number of hydrogen-bond donors (Lipinski definition) is 0. The first-order chi connectivity index (χ1) is 8.50. The Bertz CT molecular complexity index is 359. The van der Waals surface area contributed by atoms with Crippen LogP contribution in [0.3, 0.4) is 0 Å². The maximum absolute atomic E-state index is 3.82. The van der Waals surface area contributed by atoms with Gasteiger partial charge in [0.05, 0.1) is 0 Å². The largest absolute Gasteiger partial charge is 0.319 e. The van der Waals surface area contributed by atoms with Gasteiger partial charge in [0.25, 0.3) is 0 Å². The second-order valence-electron chi connectivity index (χ2n) is 6.02. The van der Waals surface area contributed by atoms with Gasteiger partial charge in [-0.25, -0.2) is 0 Å². The lowest BCUT2D eigenvalue weighted by atomic mass is 9.88. The van der Waals surface area contributed by atoms with Gasteiger partial charge in [-0.1, -0.05) is 0 Å². The SMILES string of the molecule is CN(CCn1cnnc1)CC1CCN(C)C1(C)C. The molecule has 0 aromatic carbocycles. The molecule has 2 heterocycles. The molecule has 0 amide bonds. The standard InChI is InChI=1S/C13H25N5/c1-13(2)12(5-6-17(13)4)9-16(3)7-8-18-10-14-15-11-18/h10-12H,5-9H2,1-4H3. The van der Waals surface area contributed by atoms with E-state index in [4.69, 9.17) is 0 Å². The van der Waals surface area contributed by atoms with Crippen LogP contribution in [-0.2, 0) is 6.54 Å². The highest BCUT2D eigenvalue weighted by Gasteiger charge is 2.38. The van der Waals surface area contributed by atoms with Gasteiger partial charge in [-0.05, 0) is 46.8 Å². The van der Waals surface area contributed by atoms with Crippen molar-refractivity contribution in [3.63, 3.8) is 0 Å². The van der Waals surface area contributed by atoms with E-state index < -0.39 is 0 Å². The van der Waals surface area contributed by atoms with Gasteiger partial charge < -0.3 is 14.4 Å². The monoisotopic (exact) mass is 251 g/mol. The highest BCUT2D eigenvalue weighted by molar-refractivity contribution is 4.94. The minimum absolute atomic E-state index is 0.324. The molecule has 5 nitrogen and oxygen atoms in total. The number of rotatable bonds is 5. The minimum atomic E-state index is 0.324. The van der Waals surface area contributed by atoms with E-state index in [0.29, 0.717) is 5.54 Å². The zero-order valence-corrected chi connectivity index (χ0v) is 12.0. The molecule has 2 rings (SSSR count). The normalized spacial score (nSPS) is 23.9. The van der Waals surface area contributed by atoms with E-state index in [1.165, 1.54) is 19.5 Å². The molecule has 0 radical (unpaired) electrons. The van der Waals surface area contributed by atoms with Crippen molar-refractivity contribution in [1.82, 2.24) is 24.6 Å². The third kappa shape index (κ3) is 2.90. The molecule has 0 aliphatic carbocycles. The first-order valence-electron chi connectivity index (χ1n) is 6.72. The first-order valence-corrected chi connectivity index (χ1v) is 6.72. The summed E-state index contributed by atoms with van der Waals surface area (Å²) in [6, 6.07) is 0. The van der Waals surface area contributed by atoms with Crippen LogP contribution in [-0.4, -0.2) is 63.8 Å². The summed E-state index contributed by atoms with van der Waals surface area (Å²) in [6.07, 6.45) is 4.86. The van der Waals surface area contributed by atoms with E-state index in [2.05, 4.69) is 47.9 Å². The van der Waals surface area contributed by atoms with Gasteiger partial charge >= 0.3 is 0 Å². The third-order valence-corrected chi connectivity index (χ3v) is 4.53. The zero-order chi connectivity index (χ0) is 13.2. The van der Waals surface area contributed by atoms with Crippen molar-refractivity contribution in [2.45, 2.75) is 32.4 Å². The second kappa shape index (κ2) is 5.36. The summed E-state index contributed by atoms with van der Waals surface area (Å²) in [7, 11) is 4.44. The molecule has 0 N–H and O–H groups in total. The predicted molar refractivity (Wildman–Crippen MR) is 72.3 cm³/mol. The molecule has 0 spiro atoms. The maximum Gasteiger partial charge on any atom is 0.119 e. The molecule has 5 heteroatoms. The van der Waals surface area contributed by atoms with Crippen LogP contribution in [0.5, 0.6) is 0 Å². The molecule has 1 fully saturated rings. The lowest BCUT2D eigenvalue weighted by molar-refractivity contribution is 0.141. The van der Waals surface area contributed by atoms with Crippen LogP contribution in [0.4, 0.5) is 0 Å². The lowest BCUT2D eigenvalue weighted by Crippen LogP contribution is -2.44. The van der Waals surface area contributed by atoms with Crippen LogP contribution in [0, 0.1) is 5.92 Å². The number of nitrogens with zero attached hydrogens (tertiary/aromatic N) is 5. The fourth-order valence-electron chi connectivity index (χ4n) is 2.71. The minimum Gasteiger partial charge on any atom is -0.319 e. The third-order valence-electron chi connectivity index (χ3n) is 4.53. The van der Waals surface area contributed by atoms with Crippen LogP contribution in [0.15, 0.2) is 12.7 Å². The van der Waals surface area contributed by atoms with Gasteiger partial charge in [-0.2, -0.15) is 0 Å². The molecule has 18 heavy (non-hydrogen) atoms. The molecule has 1 atom stereocenters. The number of hydrogen-bond acceptors (Lipinski definition) is 4. The van der Waals surface area contributed by atoms with Crippen molar-refractivity contribution >= 4 is 0 Å². The topological polar surface area (TPSA) is 37.2 Å². The Hall–Kier alpha value is -0.940. The van der Waals surface area contributed by atoms with Crippen LogP contribution >= 0.6 is 0 Å². The molecule has 1 aliphatic heterocycles. The van der Waals surface area contributed by atoms with Crippen molar-refractivity contribution in [2.24, 2.45) is 5.92 Å². The van der Waals surface area contributed by atoms with Gasteiger partial charge in [-0.15, -0.1) is 10.2 Å². The molecule has 1 unspecified atom stereocenters. The fourth-order valence-corrected chi connectivity index (χ4v) is 2.71. The highest BCUT2D eigenvalue weighted by atomic mass is 15.2. The van der Waals surface area contributed by atoms with E-state index >= 15 is 0 Å². The Morgan fingerprint density at radius 3 is 2.56 bits per heavy atom. The smallest absolute Gasteiger partial charge is 0.119 e. The Morgan fingerprint density at radius 2 is 2.00 bits per heavy atom. The van der Waals surface area contributed by atoms with E-state index in [0.717, 1.165) is 19.0 Å². The highest BCUT2D eigenvalue weighted by Crippen LogP contribution is 2.33. The Balaban J connectivity index is 1.79. The van der Waals surface area contributed by atoms with Gasteiger partial charge in [-0.3, -0.25) is 0 Å². The van der Waals surface area contributed by atoms with Crippen LogP contribution < -0.4 is 0 Å². The lowest BCUT2D eigenvalue weighted by Gasteiger charge is -2.35. The Kier molecular flexibility index (Phi) is 4.02. The summed E-state index contributed by atoms with van der Waals surface area (Å²) in [4.78, 5) is 4.90. The molecule has 1 aromatic rings. The van der Waals surface area contributed by atoms with E-state index in [1.807, 2.05) is 4.57 Å². The number of aromatic nitrogens is 3. The van der Waals surface area contributed by atoms with Gasteiger partial charge in [0.1, 0.15) is 12.7 Å². The molecular weight excluding hydrogens is 226 g/mol. The molecular formula is C13H25N5. The maximum atomic E-state index is 3.82. The van der Waals surface area contributed by atoms with Crippen molar-refractivity contribution in [3.8, 4) is 0 Å². The average molecular weight is 251 g/mol. The quantitative estimate of drug-likeness (QED) is 0.780. The first kappa shape index (κ1) is 13.5. The Labute approximate surface area is 110 Å². The fraction of sp³-hybridized carbons (Fsp3) is 0.846. The molecule has 0 bridgehead atoms. The molecule has 0 saturated carbocycles. The van der Waals surface area contributed by atoms with Crippen LogP contribution in [0.25, 0.3) is 0 Å². The summed E-state index contributed by atoms with van der Waals surface area (Å²) in [5.74, 6) is 0.758. The zero-order valence-electron chi connectivity index (χ0n) is 12.0. The summed E-state index contributed by atoms with van der Waals surface area (Å²) in [5.41, 5.74) is 0.324. The van der Waals surface area contributed by atoms with Gasteiger partial charge in [0.15, 0.2) is 0 Å². The van der Waals surface area contributed by atoms with E-state index in [1.54, 1.807) is 12.7 Å². The van der Waals surface area contributed by atoms with Crippen LogP contribution in [0.1, 0.15) is 20.3 Å². The summed E-state index contributed by atoms with van der Waals surface area (Å²) < 4.78 is 2.03. The summed E-state index contributed by atoms with van der Waals surface area (Å²) >= 11 is 0. The van der Waals surface area contributed by atoms with E-state index in [-0.39, 0.29) is 0 Å². The van der Waals surface area contributed by atoms with Crippen LogP contribution in [0.2, 0.25) is 0 Å². The molecule has 102 valence electrons. The number of likely N-dealkylation sites (tertiary alicyclic amines) is 1. The Morgan fingerprint density at radius 1 is 1.33 bits per heavy atom. The van der Waals surface area contributed by atoms with Gasteiger partial charge in [0.2, 0.25) is 0 Å². The van der Waals surface area contributed by atoms with Gasteiger partial charge in [0, 0.05) is 25.2 Å². The molecule has 1 saturated heterocycles. The predicted octanol–water partition coefficient (Wildman–Crippen LogP) is 0.940. The van der Waals surface area contributed by atoms with Crippen molar-refractivity contribution in [2.75, 3.05) is 33.7 Å². The second-order valence-corrected chi connectivity index (χ2v) is 6.02. The van der Waals surface area contributed by atoms with E-state index in [9.17, 15) is 0 Å².